The van der Waals surface area contributed by atoms with Crippen LogP contribution in [-0.4, -0.2) is 19.9 Å². The molecule has 0 spiro atoms. The number of benzene rings is 6. The van der Waals surface area contributed by atoms with Crippen molar-refractivity contribution in [2.45, 2.75) is 0 Å². The lowest BCUT2D eigenvalue weighted by molar-refractivity contribution is 0.669. The number of furan rings is 1. The van der Waals surface area contributed by atoms with Crippen molar-refractivity contribution in [1.82, 2.24) is 19.9 Å². The molecule has 6 aromatic carbocycles. The molecule has 5 heteroatoms. The highest BCUT2D eigenvalue weighted by atomic mass is 16.3. The normalized spacial score (nSPS) is 11.6. The molecule has 0 aliphatic heterocycles. The first-order valence-corrected chi connectivity index (χ1v) is 14.9. The summed E-state index contributed by atoms with van der Waals surface area (Å²) >= 11 is 0. The average molecular weight is 577 g/mol. The maximum atomic E-state index is 6.56. The van der Waals surface area contributed by atoms with Crippen molar-refractivity contribution in [1.29, 1.82) is 0 Å². The van der Waals surface area contributed by atoms with Crippen LogP contribution < -0.4 is 0 Å². The summed E-state index contributed by atoms with van der Waals surface area (Å²) in [7, 11) is 0. The maximum Gasteiger partial charge on any atom is 0.167 e. The molecule has 9 aromatic rings. The molecule has 0 amide bonds. The second-order valence-electron chi connectivity index (χ2n) is 11.1. The Balaban J connectivity index is 1.38. The van der Waals surface area contributed by atoms with E-state index in [2.05, 4.69) is 60.7 Å². The number of hydrogen-bond donors (Lipinski definition) is 0. The molecule has 0 unspecified atom stereocenters. The Morgan fingerprint density at radius 2 is 0.933 bits per heavy atom. The summed E-state index contributed by atoms with van der Waals surface area (Å²) in [5, 5.41) is 5.39. The monoisotopic (exact) mass is 576 g/mol. The number of para-hydroxylation sites is 2. The number of aromatic nitrogens is 4. The number of rotatable bonds is 4. The van der Waals surface area contributed by atoms with Crippen molar-refractivity contribution < 1.29 is 4.42 Å². The number of fused-ring (bicyclic) bond motifs is 6. The van der Waals surface area contributed by atoms with Gasteiger partial charge in [0.25, 0.3) is 0 Å². The van der Waals surface area contributed by atoms with Crippen LogP contribution in [0.4, 0.5) is 0 Å². The van der Waals surface area contributed by atoms with Gasteiger partial charge >= 0.3 is 0 Å². The fraction of sp³-hybridized carbons (Fsp3) is 0. The molecular formula is C40H24N4O. The van der Waals surface area contributed by atoms with E-state index in [4.69, 9.17) is 24.4 Å². The van der Waals surface area contributed by atoms with Crippen molar-refractivity contribution in [3.8, 4) is 45.4 Å². The predicted octanol–water partition coefficient (Wildman–Crippen LogP) is 10.1. The predicted molar refractivity (Wildman–Crippen MR) is 182 cm³/mol. The molecule has 0 fully saturated rings. The Morgan fingerprint density at radius 1 is 0.378 bits per heavy atom. The molecule has 210 valence electrons. The van der Waals surface area contributed by atoms with Crippen LogP contribution in [0.1, 0.15) is 0 Å². The Bertz CT molecular complexity index is 2480. The van der Waals surface area contributed by atoms with Crippen LogP contribution in [0.3, 0.4) is 0 Å². The summed E-state index contributed by atoms with van der Waals surface area (Å²) in [6, 6.07) is 49.2. The van der Waals surface area contributed by atoms with Crippen LogP contribution in [0, 0.1) is 0 Å². The van der Waals surface area contributed by atoms with E-state index in [-0.39, 0.29) is 0 Å². The van der Waals surface area contributed by atoms with Gasteiger partial charge in [0.05, 0.1) is 16.8 Å². The lowest BCUT2D eigenvalue weighted by atomic mass is 9.97. The highest BCUT2D eigenvalue weighted by Gasteiger charge is 2.21. The largest absolute Gasteiger partial charge is 0.455 e. The fourth-order valence-electron chi connectivity index (χ4n) is 6.18. The average Bonchev–Trinajstić information content (AvgIpc) is 3.50. The topological polar surface area (TPSA) is 64.7 Å². The molecule has 5 nitrogen and oxygen atoms in total. The summed E-state index contributed by atoms with van der Waals surface area (Å²) in [5.41, 5.74) is 6.97. The molecule has 0 aliphatic carbocycles. The third-order valence-corrected chi connectivity index (χ3v) is 8.30. The lowest BCUT2D eigenvalue weighted by Crippen LogP contribution is -2.00. The van der Waals surface area contributed by atoms with Gasteiger partial charge in [-0.05, 0) is 29.7 Å². The minimum Gasteiger partial charge on any atom is -0.455 e. The van der Waals surface area contributed by atoms with E-state index in [0.717, 1.165) is 71.6 Å². The van der Waals surface area contributed by atoms with Crippen LogP contribution in [0.5, 0.6) is 0 Å². The molecule has 0 atom stereocenters. The molecule has 0 bridgehead atoms. The summed E-state index contributed by atoms with van der Waals surface area (Å²) in [4.78, 5) is 20.3. The SMILES string of the molecule is c1ccc(-c2nc(-c3ccccc3)nc(-c3cc(-c4nc5ccccc5c5ccccc45)cc4c3oc3ccccc34)n2)cc1. The standard InChI is InChI=1S/C40H24N4O/c1-3-13-25(14-4-1)38-42-39(26-15-5-2-6-16-26)44-40(43-38)33-24-27(23-32-30-19-10-12-22-35(30)45-37(32)33)36-31-20-8-7-17-28(31)29-18-9-11-21-34(29)41-36/h1-24H. The highest BCUT2D eigenvalue weighted by Crippen LogP contribution is 2.41. The van der Waals surface area contributed by atoms with Gasteiger partial charge in [-0.25, -0.2) is 19.9 Å². The van der Waals surface area contributed by atoms with E-state index < -0.39 is 0 Å². The molecule has 3 heterocycles. The van der Waals surface area contributed by atoms with Gasteiger partial charge in [0.1, 0.15) is 11.2 Å². The Labute approximate surface area is 258 Å². The quantitative estimate of drug-likeness (QED) is 0.195. The summed E-state index contributed by atoms with van der Waals surface area (Å²) in [5.74, 6) is 1.74. The van der Waals surface area contributed by atoms with Gasteiger partial charge in [-0.3, -0.25) is 0 Å². The van der Waals surface area contributed by atoms with E-state index in [0.29, 0.717) is 17.5 Å². The van der Waals surface area contributed by atoms with Crippen LogP contribution in [-0.2, 0) is 0 Å². The summed E-state index contributed by atoms with van der Waals surface area (Å²) < 4.78 is 6.56. The van der Waals surface area contributed by atoms with E-state index >= 15 is 0 Å². The Kier molecular flexibility index (Phi) is 5.74. The highest BCUT2D eigenvalue weighted by molar-refractivity contribution is 6.14. The number of pyridine rings is 1. The van der Waals surface area contributed by atoms with Gasteiger partial charge < -0.3 is 4.42 Å². The van der Waals surface area contributed by atoms with Gasteiger partial charge in [0.2, 0.25) is 0 Å². The van der Waals surface area contributed by atoms with Crippen molar-refractivity contribution in [3.63, 3.8) is 0 Å². The fourth-order valence-corrected chi connectivity index (χ4v) is 6.18. The number of hydrogen-bond acceptors (Lipinski definition) is 5. The third-order valence-electron chi connectivity index (χ3n) is 8.30. The van der Waals surface area contributed by atoms with Gasteiger partial charge in [-0.1, -0.05) is 121 Å². The first-order valence-electron chi connectivity index (χ1n) is 14.9. The first kappa shape index (κ1) is 25.3. The lowest BCUT2D eigenvalue weighted by Gasteiger charge is -2.12. The zero-order chi connectivity index (χ0) is 29.7. The summed E-state index contributed by atoms with van der Waals surface area (Å²) in [6.45, 7) is 0. The molecule has 0 saturated heterocycles. The zero-order valence-electron chi connectivity index (χ0n) is 24.1. The first-order chi connectivity index (χ1) is 22.3. The van der Waals surface area contributed by atoms with Crippen molar-refractivity contribution in [2.75, 3.05) is 0 Å². The zero-order valence-corrected chi connectivity index (χ0v) is 24.1. The Hall–Kier alpha value is -6.20. The van der Waals surface area contributed by atoms with E-state index in [1.54, 1.807) is 0 Å². The van der Waals surface area contributed by atoms with Gasteiger partial charge in [0, 0.05) is 38.2 Å². The van der Waals surface area contributed by atoms with Gasteiger partial charge in [-0.2, -0.15) is 0 Å². The summed E-state index contributed by atoms with van der Waals surface area (Å²) in [6.07, 6.45) is 0. The van der Waals surface area contributed by atoms with E-state index in [9.17, 15) is 0 Å². The van der Waals surface area contributed by atoms with Crippen LogP contribution in [0.15, 0.2) is 150 Å². The number of nitrogens with zero attached hydrogens (tertiary/aromatic N) is 4. The van der Waals surface area contributed by atoms with Crippen LogP contribution in [0.25, 0.3) is 89.0 Å². The van der Waals surface area contributed by atoms with Gasteiger partial charge in [-0.15, -0.1) is 0 Å². The molecule has 9 rings (SSSR count). The van der Waals surface area contributed by atoms with E-state index in [1.165, 1.54) is 0 Å². The smallest absolute Gasteiger partial charge is 0.167 e. The second kappa shape index (κ2) is 10.2. The third kappa shape index (κ3) is 4.25. The van der Waals surface area contributed by atoms with Crippen molar-refractivity contribution in [2.24, 2.45) is 0 Å². The van der Waals surface area contributed by atoms with Crippen LogP contribution in [0.2, 0.25) is 0 Å². The molecule has 45 heavy (non-hydrogen) atoms. The molecule has 3 aromatic heterocycles. The minimum absolute atomic E-state index is 0.540. The molecular weight excluding hydrogens is 552 g/mol. The van der Waals surface area contributed by atoms with Crippen LogP contribution >= 0.6 is 0 Å². The molecule has 0 saturated carbocycles. The van der Waals surface area contributed by atoms with Crippen molar-refractivity contribution >= 4 is 43.6 Å². The van der Waals surface area contributed by atoms with E-state index in [1.807, 2.05) is 84.9 Å². The molecule has 0 N–H and O–H groups in total. The Morgan fingerprint density at radius 3 is 1.64 bits per heavy atom. The molecule has 0 aliphatic rings. The van der Waals surface area contributed by atoms with Crippen molar-refractivity contribution in [3.05, 3.63) is 146 Å². The van der Waals surface area contributed by atoms with Gasteiger partial charge in [0.15, 0.2) is 17.5 Å². The minimum atomic E-state index is 0.540. The maximum absolute atomic E-state index is 6.56. The second-order valence-corrected chi connectivity index (χ2v) is 11.1. The molecule has 0 radical (unpaired) electrons.